The van der Waals surface area contributed by atoms with Crippen molar-refractivity contribution >= 4 is 23.2 Å². The van der Waals surface area contributed by atoms with E-state index in [4.69, 9.17) is 5.73 Å². The first kappa shape index (κ1) is 13.3. The van der Waals surface area contributed by atoms with E-state index in [9.17, 15) is 14.0 Å². The summed E-state index contributed by atoms with van der Waals surface area (Å²) in [5.74, 6) is -1.83. The summed E-state index contributed by atoms with van der Waals surface area (Å²) in [5, 5.41) is 0. The number of amides is 2. The Morgan fingerprint density at radius 3 is 2.48 bits per heavy atom. The molecule has 1 aliphatic heterocycles. The van der Waals surface area contributed by atoms with Gasteiger partial charge >= 0.3 is 0 Å². The molecule has 21 heavy (non-hydrogen) atoms. The number of halogens is 1. The number of hydrogen-bond acceptors (Lipinski definition) is 3. The van der Waals surface area contributed by atoms with Crippen LogP contribution in [-0.2, 0) is 9.59 Å². The molecule has 106 valence electrons. The second-order valence-corrected chi connectivity index (χ2v) is 4.94. The predicted octanol–water partition coefficient (Wildman–Crippen LogP) is 2.46. The number of hydrogen-bond donors (Lipinski definition) is 1. The van der Waals surface area contributed by atoms with Crippen LogP contribution in [-0.4, -0.2) is 11.8 Å². The van der Waals surface area contributed by atoms with Gasteiger partial charge in [-0.25, -0.2) is 9.29 Å². The van der Waals surface area contributed by atoms with Crippen LogP contribution in [0.5, 0.6) is 0 Å². The minimum Gasteiger partial charge on any atom is -0.396 e. The average Bonchev–Trinajstić information content (AvgIpc) is 2.78. The SMILES string of the molecule is Nc1ccc(N2C(=O)CC(c3ccccc3)C2=O)cc1F. The molecule has 1 aliphatic rings. The minimum atomic E-state index is -0.642. The van der Waals surface area contributed by atoms with Gasteiger partial charge in [-0.15, -0.1) is 0 Å². The molecule has 1 unspecified atom stereocenters. The van der Waals surface area contributed by atoms with E-state index in [0.29, 0.717) is 0 Å². The van der Waals surface area contributed by atoms with Crippen molar-refractivity contribution in [3.05, 3.63) is 59.9 Å². The Morgan fingerprint density at radius 1 is 1.10 bits per heavy atom. The van der Waals surface area contributed by atoms with Crippen molar-refractivity contribution in [2.75, 3.05) is 10.6 Å². The number of carbonyl (C=O) groups is 2. The van der Waals surface area contributed by atoms with Crippen LogP contribution in [0.3, 0.4) is 0 Å². The first-order valence-electron chi connectivity index (χ1n) is 6.54. The van der Waals surface area contributed by atoms with Gasteiger partial charge in [-0.2, -0.15) is 0 Å². The van der Waals surface area contributed by atoms with E-state index in [1.54, 1.807) is 0 Å². The van der Waals surface area contributed by atoms with Crippen LogP contribution in [0.2, 0.25) is 0 Å². The lowest BCUT2D eigenvalue weighted by Crippen LogP contribution is -2.30. The number of imide groups is 1. The molecule has 1 fully saturated rings. The fourth-order valence-corrected chi connectivity index (χ4v) is 2.50. The molecule has 2 N–H and O–H groups in total. The number of nitrogen functional groups attached to an aromatic ring is 1. The third kappa shape index (κ3) is 2.27. The highest BCUT2D eigenvalue weighted by Crippen LogP contribution is 2.33. The van der Waals surface area contributed by atoms with Gasteiger partial charge in [-0.1, -0.05) is 30.3 Å². The van der Waals surface area contributed by atoms with E-state index in [1.165, 1.54) is 12.1 Å². The zero-order valence-electron chi connectivity index (χ0n) is 11.1. The van der Waals surface area contributed by atoms with Crippen molar-refractivity contribution in [1.29, 1.82) is 0 Å². The zero-order valence-corrected chi connectivity index (χ0v) is 11.1. The van der Waals surface area contributed by atoms with E-state index >= 15 is 0 Å². The smallest absolute Gasteiger partial charge is 0.241 e. The number of nitrogens with two attached hydrogens (primary N) is 1. The minimum absolute atomic E-state index is 0.0162. The lowest BCUT2D eigenvalue weighted by molar-refractivity contribution is -0.121. The summed E-state index contributed by atoms with van der Waals surface area (Å²) < 4.78 is 13.5. The Bertz CT molecular complexity index is 715. The fourth-order valence-electron chi connectivity index (χ4n) is 2.50. The predicted molar refractivity (Wildman–Crippen MR) is 77.1 cm³/mol. The summed E-state index contributed by atoms with van der Waals surface area (Å²) in [6, 6.07) is 13.0. The Labute approximate surface area is 121 Å². The molecule has 0 spiro atoms. The van der Waals surface area contributed by atoms with Crippen LogP contribution in [0, 0.1) is 5.82 Å². The van der Waals surface area contributed by atoms with Gasteiger partial charge in [0, 0.05) is 12.5 Å². The maximum absolute atomic E-state index is 13.5. The van der Waals surface area contributed by atoms with Gasteiger partial charge in [-0.05, 0) is 17.7 Å². The molecule has 0 aliphatic carbocycles. The van der Waals surface area contributed by atoms with Gasteiger partial charge in [0.2, 0.25) is 11.8 Å². The van der Waals surface area contributed by atoms with Crippen molar-refractivity contribution in [1.82, 2.24) is 0 Å². The Morgan fingerprint density at radius 2 is 1.81 bits per heavy atom. The summed E-state index contributed by atoms with van der Waals surface area (Å²) in [4.78, 5) is 25.6. The van der Waals surface area contributed by atoms with E-state index in [0.717, 1.165) is 16.5 Å². The van der Waals surface area contributed by atoms with Crippen LogP contribution >= 0.6 is 0 Å². The second kappa shape index (κ2) is 5.01. The molecule has 5 heteroatoms. The topological polar surface area (TPSA) is 63.4 Å². The zero-order chi connectivity index (χ0) is 15.0. The second-order valence-electron chi connectivity index (χ2n) is 4.94. The molecule has 0 aromatic heterocycles. The van der Waals surface area contributed by atoms with Crippen molar-refractivity contribution in [2.45, 2.75) is 12.3 Å². The summed E-state index contributed by atoms with van der Waals surface area (Å²) in [7, 11) is 0. The Kier molecular flexibility index (Phi) is 3.17. The third-order valence-electron chi connectivity index (χ3n) is 3.59. The molecule has 0 saturated carbocycles. The molecule has 3 rings (SSSR count). The molecule has 1 heterocycles. The van der Waals surface area contributed by atoms with Crippen LogP contribution < -0.4 is 10.6 Å². The molecular formula is C16H13FN2O2. The van der Waals surface area contributed by atoms with Crippen molar-refractivity contribution in [3.8, 4) is 0 Å². The number of rotatable bonds is 2. The molecule has 0 bridgehead atoms. The van der Waals surface area contributed by atoms with Crippen molar-refractivity contribution < 1.29 is 14.0 Å². The van der Waals surface area contributed by atoms with Gasteiger partial charge in [-0.3, -0.25) is 9.59 Å². The Hall–Kier alpha value is -2.69. The monoisotopic (exact) mass is 284 g/mol. The van der Waals surface area contributed by atoms with Gasteiger partial charge in [0.15, 0.2) is 0 Å². The first-order valence-corrected chi connectivity index (χ1v) is 6.54. The van der Waals surface area contributed by atoms with Crippen LogP contribution in [0.25, 0.3) is 0 Å². The largest absolute Gasteiger partial charge is 0.396 e. The third-order valence-corrected chi connectivity index (χ3v) is 3.59. The normalized spacial score (nSPS) is 18.3. The number of carbonyl (C=O) groups excluding carboxylic acids is 2. The maximum atomic E-state index is 13.5. The lowest BCUT2D eigenvalue weighted by Gasteiger charge is -2.15. The van der Waals surface area contributed by atoms with E-state index < -0.39 is 11.7 Å². The summed E-state index contributed by atoms with van der Waals surface area (Å²) in [5.41, 5.74) is 6.40. The molecule has 0 radical (unpaired) electrons. The highest BCUT2D eigenvalue weighted by molar-refractivity contribution is 6.22. The highest BCUT2D eigenvalue weighted by Gasteiger charge is 2.40. The summed E-state index contributed by atoms with van der Waals surface area (Å²) in [6.45, 7) is 0. The molecule has 2 amide bonds. The summed E-state index contributed by atoms with van der Waals surface area (Å²) >= 11 is 0. The molecule has 2 aromatic carbocycles. The van der Waals surface area contributed by atoms with Gasteiger partial charge in [0.25, 0.3) is 0 Å². The first-order chi connectivity index (χ1) is 10.1. The molecule has 2 aromatic rings. The molecule has 4 nitrogen and oxygen atoms in total. The van der Waals surface area contributed by atoms with Gasteiger partial charge in [0.1, 0.15) is 5.82 Å². The van der Waals surface area contributed by atoms with E-state index in [-0.39, 0.29) is 29.6 Å². The van der Waals surface area contributed by atoms with Crippen LogP contribution in [0.4, 0.5) is 15.8 Å². The molecular weight excluding hydrogens is 271 g/mol. The summed E-state index contributed by atoms with van der Waals surface area (Å²) in [6.07, 6.45) is 0.0921. The fraction of sp³-hybridized carbons (Fsp3) is 0.125. The van der Waals surface area contributed by atoms with Crippen molar-refractivity contribution in [3.63, 3.8) is 0 Å². The standard InChI is InChI=1S/C16H13FN2O2/c17-13-8-11(6-7-14(13)18)19-15(20)9-12(16(19)21)10-4-2-1-3-5-10/h1-8,12H,9,18H2. The quantitative estimate of drug-likeness (QED) is 0.680. The Balaban J connectivity index is 1.96. The van der Waals surface area contributed by atoms with Crippen LogP contribution in [0.1, 0.15) is 17.9 Å². The van der Waals surface area contributed by atoms with E-state index in [1.807, 2.05) is 30.3 Å². The van der Waals surface area contributed by atoms with Gasteiger partial charge < -0.3 is 5.73 Å². The molecule has 1 atom stereocenters. The molecule has 1 saturated heterocycles. The highest BCUT2D eigenvalue weighted by atomic mass is 19.1. The number of anilines is 2. The van der Waals surface area contributed by atoms with Crippen molar-refractivity contribution in [2.24, 2.45) is 0 Å². The van der Waals surface area contributed by atoms with Gasteiger partial charge in [0.05, 0.1) is 17.3 Å². The average molecular weight is 284 g/mol. The lowest BCUT2D eigenvalue weighted by atomic mass is 9.98. The maximum Gasteiger partial charge on any atom is 0.241 e. The number of nitrogens with zero attached hydrogens (tertiary/aromatic N) is 1. The number of benzene rings is 2. The van der Waals surface area contributed by atoms with E-state index in [2.05, 4.69) is 0 Å². The van der Waals surface area contributed by atoms with Crippen LogP contribution in [0.15, 0.2) is 48.5 Å².